The van der Waals surface area contributed by atoms with Crippen LogP contribution >= 0.6 is 0 Å². The molecular formula is C24H29N3O2. The highest BCUT2D eigenvalue weighted by Crippen LogP contribution is 2.53. The molecule has 5 nitrogen and oxygen atoms in total. The van der Waals surface area contributed by atoms with Crippen LogP contribution in [0, 0.1) is 13.8 Å². The number of nitrogens with zero attached hydrogens (tertiary/aromatic N) is 2. The van der Waals surface area contributed by atoms with Gasteiger partial charge in [0, 0.05) is 5.56 Å². The van der Waals surface area contributed by atoms with Crippen LogP contribution in [-0.2, 0) is 12.0 Å². The molecule has 29 heavy (non-hydrogen) atoms. The smallest absolute Gasteiger partial charge is 0.165 e. The van der Waals surface area contributed by atoms with Crippen molar-refractivity contribution in [3.63, 3.8) is 0 Å². The molecule has 2 heterocycles. The predicted octanol–water partition coefficient (Wildman–Crippen LogP) is 5.82. The molecule has 1 aliphatic heterocycles. The lowest BCUT2D eigenvalue weighted by Crippen LogP contribution is -2.29. The number of phenolic OH excluding ortho intramolecular Hbond substituents is 1. The maximum absolute atomic E-state index is 11.5. The van der Waals surface area contributed by atoms with Gasteiger partial charge in [-0.25, -0.2) is 0 Å². The van der Waals surface area contributed by atoms with Gasteiger partial charge in [-0.15, -0.1) is 10.2 Å². The summed E-state index contributed by atoms with van der Waals surface area (Å²) < 4.78 is 6.40. The summed E-state index contributed by atoms with van der Waals surface area (Å²) in [5, 5.41) is 19.9. The molecule has 152 valence electrons. The largest absolute Gasteiger partial charge is 0.506 e. The van der Waals surface area contributed by atoms with Gasteiger partial charge in [0.05, 0.1) is 11.1 Å². The lowest BCUT2D eigenvalue weighted by Gasteiger charge is -2.36. The van der Waals surface area contributed by atoms with Gasteiger partial charge in [0.2, 0.25) is 0 Å². The first-order chi connectivity index (χ1) is 13.8. The number of phenols is 1. The minimum absolute atomic E-state index is 0.215. The van der Waals surface area contributed by atoms with Crippen molar-refractivity contribution in [1.29, 1.82) is 0 Å². The highest BCUT2D eigenvalue weighted by molar-refractivity contribution is 5.89. The van der Waals surface area contributed by atoms with E-state index in [0.29, 0.717) is 5.82 Å². The first-order valence-electron chi connectivity index (χ1n) is 10.4. The average Bonchev–Trinajstić information content (AvgIpc) is 3.06. The van der Waals surface area contributed by atoms with Crippen molar-refractivity contribution in [2.45, 2.75) is 65.9 Å². The van der Waals surface area contributed by atoms with E-state index >= 15 is 0 Å². The Kier molecular flexibility index (Phi) is 4.85. The van der Waals surface area contributed by atoms with E-state index in [-0.39, 0.29) is 5.75 Å². The standard InChI is InChI=1S/C24H29N3O2/c1-6-7-8-9-16-13-19-21(22(28)20(16)23-25-15(3)26-27-23)17-12-14(2)10-11-18(17)24(4,5)29-19/h10-13,28H,6-9H2,1-5H3,(H,25,26,27). The van der Waals surface area contributed by atoms with Crippen LogP contribution in [0.4, 0.5) is 0 Å². The molecule has 2 N–H and O–H groups in total. The number of unbranched alkanes of at least 4 members (excludes halogenated alkanes) is 2. The molecule has 2 aromatic carbocycles. The molecule has 0 spiro atoms. The highest BCUT2D eigenvalue weighted by atomic mass is 16.5. The van der Waals surface area contributed by atoms with Gasteiger partial charge < -0.3 is 14.8 Å². The number of hydrogen-bond acceptors (Lipinski definition) is 4. The first kappa shape index (κ1) is 19.5. The molecule has 0 saturated heterocycles. The van der Waals surface area contributed by atoms with E-state index in [1.807, 2.05) is 6.92 Å². The fourth-order valence-corrected chi connectivity index (χ4v) is 4.24. The molecule has 0 amide bonds. The number of aryl methyl sites for hydroxylation is 3. The van der Waals surface area contributed by atoms with E-state index in [0.717, 1.165) is 70.6 Å². The third-order valence-electron chi connectivity index (χ3n) is 5.69. The Balaban J connectivity index is 1.97. The zero-order valence-corrected chi connectivity index (χ0v) is 17.9. The number of rotatable bonds is 5. The second-order valence-electron chi connectivity index (χ2n) is 8.51. The van der Waals surface area contributed by atoms with Crippen molar-refractivity contribution in [3.05, 3.63) is 46.8 Å². The summed E-state index contributed by atoms with van der Waals surface area (Å²) >= 11 is 0. The number of H-pyrrole nitrogens is 1. The van der Waals surface area contributed by atoms with Crippen molar-refractivity contribution in [2.75, 3.05) is 0 Å². The summed E-state index contributed by atoms with van der Waals surface area (Å²) in [5.41, 5.74) is 5.29. The topological polar surface area (TPSA) is 71.0 Å². The minimum atomic E-state index is -0.465. The second kappa shape index (κ2) is 7.21. The summed E-state index contributed by atoms with van der Waals surface area (Å²) in [6.07, 6.45) is 4.19. The minimum Gasteiger partial charge on any atom is -0.506 e. The van der Waals surface area contributed by atoms with Crippen LogP contribution in [0.3, 0.4) is 0 Å². The van der Waals surface area contributed by atoms with E-state index in [2.05, 4.69) is 67.1 Å². The van der Waals surface area contributed by atoms with Crippen LogP contribution in [0.5, 0.6) is 11.5 Å². The predicted molar refractivity (Wildman–Crippen MR) is 115 cm³/mol. The van der Waals surface area contributed by atoms with E-state index < -0.39 is 5.60 Å². The summed E-state index contributed by atoms with van der Waals surface area (Å²) in [5.74, 6) is 2.28. The molecule has 0 atom stereocenters. The van der Waals surface area contributed by atoms with E-state index in [4.69, 9.17) is 4.74 Å². The lowest BCUT2D eigenvalue weighted by molar-refractivity contribution is 0.105. The molecule has 0 saturated carbocycles. The third-order valence-corrected chi connectivity index (χ3v) is 5.69. The fraction of sp³-hybridized carbons (Fsp3) is 0.417. The molecule has 4 rings (SSSR count). The average molecular weight is 392 g/mol. The summed E-state index contributed by atoms with van der Waals surface area (Å²) in [7, 11) is 0. The summed E-state index contributed by atoms with van der Waals surface area (Å²) in [4.78, 5) is 3.20. The molecule has 0 bridgehead atoms. The zero-order chi connectivity index (χ0) is 20.8. The maximum atomic E-state index is 11.5. The first-order valence-corrected chi connectivity index (χ1v) is 10.4. The number of fused-ring (bicyclic) bond motifs is 3. The van der Waals surface area contributed by atoms with Gasteiger partial charge in [-0.2, -0.15) is 0 Å². The SMILES string of the molecule is CCCCCc1cc2c(c(O)c1-c1nnc(C)[nH]1)-c1cc(C)ccc1C(C)(C)O2. The van der Waals surface area contributed by atoms with Crippen LogP contribution in [0.25, 0.3) is 22.5 Å². The van der Waals surface area contributed by atoms with Gasteiger partial charge in [-0.3, -0.25) is 0 Å². The van der Waals surface area contributed by atoms with Gasteiger partial charge in [-0.1, -0.05) is 43.5 Å². The highest BCUT2D eigenvalue weighted by Gasteiger charge is 2.36. The number of benzene rings is 2. The van der Waals surface area contributed by atoms with Crippen LogP contribution < -0.4 is 4.74 Å². The molecule has 3 aromatic rings. The number of aromatic hydroxyl groups is 1. The Bertz CT molecular complexity index is 1070. The van der Waals surface area contributed by atoms with Gasteiger partial charge in [0.1, 0.15) is 22.9 Å². The van der Waals surface area contributed by atoms with Crippen molar-refractivity contribution in [2.24, 2.45) is 0 Å². The molecular weight excluding hydrogens is 362 g/mol. The van der Waals surface area contributed by atoms with E-state index in [1.165, 1.54) is 0 Å². The number of aromatic amines is 1. The van der Waals surface area contributed by atoms with E-state index in [1.54, 1.807) is 0 Å². The number of aromatic nitrogens is 3. The molecule has 0 fully saturated rings. The molecule has 0 radical (unpaired) electrons. The Morgan fingerprint density at radius 1 is 1.07 bits per heavy atom. The number of nitrogens with one attached hydrogen (secondary N) is 1. The Morgan fingerprint density at radius 2 is 1.86 bits per heavy atom. The quantitative estimate of drug-likeness (QED) is 0.538. The van der Waals surface area contributed by atoms with Gasteiger partial charge in [0.15, 0.2) is 5.82 Å². The van der Waals surface area contributed by atoms with Crippen molar-refractivity contribution < 1.29 is 9.84 Å². The van der Waals surface area contributed by atoms with E-state index in [9.17, 15) is 5.11 Å². The Labute approximate surface area is 172 Å². The van der Waals surface area contributed by atoms with Crippen LogP contribution in [-0.4, -0.2) is 20.3 Å². The van der Waals surface area contributed by atoms with Gasteiger partial charge in [0.25, 0.3) is 0 Å². The maximum Gasteiger partial charge on any atom is 0.165 e. The molecule has 1 aromatic heterocycles. The van der Waals surface area contributed by atoms with Crippen LogP contribution in [0.2, 0.25) is 0 Å². The molecule has 0 aliphatic carbocycles. The Hall–Kier alpha value is -2.82. The molecule has 5 heteroatoms. The van der Waals surface area contributed by atoms with Crippen molar-refractivity contribution in [3.8, 4) is 34.0 Å². The number of hydrogen-bond donors (Lipinski definition) is 2. The molecule has 1 aliphatic rings. The zero-order valence-electron chi connectivity index (χ0n) is 17.9. The summed E-state index contributed by atoms with van der Waals surface area (Å²) in [6, 6.07) is 8.40. The fourth-order valence-electron chi connectivity index (χ4n) is 4.24. The van der Waals surface area contributed by atoms with Crippen LogP contribution in [0.15, 0.2) is 24.3 Å². The monoisotopic (exact) mass is 391 g/mol. The number of ether oxygens (including phenoxy) is 1. The van der Waals surface area contributed by atoms with Crippen molar-refractivity contribution >= 4 is 0 Å². The Morgan fingerprint density at radius 3 is 2.55 bits per heavy atom. The summed E-state index contributed by atoms with van der Waals surface area (Å²) in [6.45, 7) is 10.3. The van der Waals surface area contributed by atoms with Gasteiger partial charge in [-0.05, 0) is 57.7 Å². The van der Waals surface area contributed by atoms with Gasteiger partial charge >= 0.3 is 0 Å². The molecule has 0 unspecified atom stereocenters. The van der Waals surface area contributed by atoms with Crippen LogP contribution in [0.1, 0.15) is 62.5 Å². The third kappa shape index (κ3) is 3.39. The normalized spacial score (nSPS) is 14.2. The lowest BCUT2D eigenvalue weighted by atomic mass is 9.83. The second-order valence-corrected chi connectivity index (χ2v) is 8.51. The van der Waals surface area contributed by atoms with Crippen molar-refractivity contribution in [1.82, 2.24) is 15.2 Å².